The van der Waals surface area contributed by atoms with Gasteiger partial charge in [-0.25, -0.2) is 0 Å². The topological polar surface area (TPSA) is 47.3 Å². The van der Waals surface area contributed by atoms with Gasteiger partial charge in [-0.1, -0.05) is 42.5 Å². The molecule has 20 heavy (non-hydrogen) atoms. The predicted molar refractivity (Wildman–Crippen MR) is 78.8 cm³/mol. The average Bonchev–Trinajstić information content (AvgIpc) is 2.49. The van der Waals surface area contributed by atoms with Gasteiger partial charge in [0.15, 0.2) is 0 Å². The molecule has 0 radical (unpaired) electrons. The summed E-state index contributed by atoms with van der Waals surface area (Å²) in [6.45, 7) is 2.26. The molecule has 0 atom stereocenters. The molecule has 2 aromatic rings. The lowest BCUT2D eigenvalue weighted by molar-refractivity contribution is 0.184. The Morgan fingerprint density at radius 2 is 1.65 bits per heavy atom. The van der Waals surface area contributed by atoms with Crippen molar-refractivity contribution in [3.05, 3.63) is 71.3 Å². The van der Waals surface area contributed by atoms with Gasteiger partial charge in [-0.2, -0.15) is 5.26 Å². The Balaban J connectivity index is 2.07. The van der Waals surface area contributed by atoms with Crippen molar-refractivity contribution < 1.29 is 5.11 Å². The predicted octanol–water partition coefficient (Wildman–Crippen LogP) is 2.55. The second-order valence-electron chi connectivity index (χ2n) is 4.73. The first kappa shape index (κ1) is 14.3. The van der Waals surface area contributed by atoms with Crippen molar-refractivity contribution in [2.45, 2.75) is 13.1 Å². The summed E-state index contributed by atoms with van der Waals surface area (Å²) in [5.74, 6) is 0. The van der Waals surface area contributed by atoms with Crippen LogP contribution in [0.2, 0.25) is 0 Å². The fourth-order valence-corrected chi connectivity index (χ4v) is 2.19. The van der Waals surface area contributed by atoms with E-state index in [-0.39, 0.29) is 6.61 Å². The first-order valence-electron chi connectivity index (χ1n) is 6.68. The van der Waals surface area contributed by atoms with E-state index < -0.39 is 0 Å². The quantitative estimate of drug-likeness (QED) is 0.874. The highest BCUT2D eigenvalue weighted by atomic mass is 16.3. The summed E-state index contributed by atoms with van der Waals surface area (Å²) in [5, 5.41) is 18.1. The molecule has 0 spiro atoms. The summed E-state index contributed by atoms with van der Waals surface area (Å²) in [6, 6.07) is 20.0. The molecular weight excluding hydrogens is 248 g/mol. The van der Waals surface area contributed by atoms with Gasteiger partial charge in [-0.3, -0.25) is 4.90 Å². The fraction of sp³-hybridized carbons (Fsp3) is 0.235. The van der Waals surface area contributed by atoms with Gasteiger partial charge in [0.2, 0.25) is 0 Å². The van der Waals surface area contributed by atoms with E-state index in [0.29, 0.717) is 12.1 Å². The van der Waals surface area contributed by atoms with Gasteiger partial charge in [-0.05, 0) is 23.3 Å². The lowest BCUT2D eigenvalue weighted by atomic mass is 10.1. The summed E-state index contributed by atoms with van der Waals surface area (Å²) in [6.07, 6.45) is 0. The Kier molecular flexibility index (Phi) is 5.31. The minimum Gasteiger partial charge on any atom is -0.395 e. The maximum atomic E-state index is 9.20. The van der Waals surface area contributed by atoms with Crippen LogP contribution in [0.3, 0.4) is 0 Å². The summed E-state index contributed by atoms with van der Waals surface area (Å²) >= 11 is 0. The highest BCUT2D eigenvalue weighted by Gasteiger charge is 2.07. The number of benzene rings is 2. The Labute approximate surface area is 119 Å². The second-order valence-corrected chi connectivity index (χ2v) is 4.73. The van der Waals surface area contributed by atoms with Crippen LogP contribution in [-0.2, 0) is 13.1 Å². The second kappa shape index (κ2) is 7.44. The molecule has 0 aromatic heterocycles. The van der Waals surface area contributed by atoms with Crippen molar-refractivity contribution in [1.29, 1.82) is 5.26 Å². The van der Waals surface area contributed by atoms with Gasteiger partial charge in [0, 0.05) is 19.6 Å². The molecule has 0 unspecified atom stereocenters. The summed E-state index contributed by atoms with van der Waals surface area (Å²) < 4.78 is 0. The smallest absolute Gasteiger partial charge is 0.0991 e. The van der Waals surface area contributed by atoms with Crippen LogP contribution in [0.5, 0.6) is 0 Å². The third-order valence-electron chi connectivity index (χ3n) is 3.13. The van der Waals surface area contributed by atoms with Crippen molar-refractivity contribution in [1.82, 2.24) is 4.90 Å². The van der Waals surface area contributed by atoms with E-state index in [2.05, 4.69) is 23.1 Å². The molecule has 1 N–H and O–H groups in total. The molecule has 2 aromatic carbocycles. The van der Waals surface area contributed by atoms with Crippen molar-refractivity contribution in [2.75, 3.05) is 13.2 Å². The number of rotatable bonds is 6. The summed E-state index contributed by atoms with van der Waals surface area (Å²) in [7, 11) is 0. The zero-order chi connectivity index (χ0) is 14.2. The molecule has 3 heteroatoms. The van der Waals surface area contributed by atoms with E-state index in [0.717, 1.165) is 18.7 Å². The van der Waals surface area contributed by atoms with E-state index in [9.17, 15) is 5.11 Å². The first-order chi connectivity index (χ1) is 9.81. The Morgan fingerprint density at radius 1 is 0.950 bits per heavy atom. The highest BCUT2D eigenvalue weighted by Crippen LogP contribution is 2.11. The maximum absolute atomic E-state index is 9.20. The van der Waals surface area contributed by atoms with Crippen LogP contribution >= 0.6 is 0 Å². The van der Waals surface area contributed by atoms with E-state index in [1.165, 1.54) is 5.56 Å². The number of nitrogens with zero attached hydrogens (tertiary/aromatic N) is 2. The normalized spacial score (nSPS) is 10.4. The van der Waals surface area contributed by atoms with Crippen LogP contribution in [0.15, 0.2) is 54.6 Å². The van der Waals surface area contributed by atoms with Gasteiger partial charge in [-0.15, -0.1) is 0 Å². The zero-order valence-electron chi connectivity index (χ0n) is 11.4. The number of aliphatic hydroxyl groups is 1. The van der Waals surface area contributed by atoms with E-state index in [1.807, 2.05) is 36.4 Å². The van der Waals surface area contributed by atoms with Gasteiger partial charge in [0.25, 0.3) is 0 Å². The first-order valence-corrected chi connectivity index (χ1v) is 6.68. The Hall–Kier alpha value is -2.15. The molecule has 3 nitrogen and oxygen atoms in total. The number of hydrogen-bond donors (Lipinski definition) is 1. The van der Waals surface area contributed by atoms with Crippen LogP contribution in [-0.4, -0.2) is 23.2 Å². The van der Waals surface area contributed by atoms with Crippen LogP contribution in [0.4, 0.5) is 0 Å². The molecule has 0 bridgehead atoms. The third kappa shape index (κ3) is 4.20. The largest absolute Gasteiger partial charge is 0.395 e. The lowest BCUT2D eigenvalue weighted by Gasteiger charge is -2.21. The third-order valence-corrected chi connectivity index (χ3v) is 3.13. The molecule has 0 fully saturated rings. The summed E-state index contributed by atoms with van der Waals surface area (Å²) in [4.78, 5) is 2.17. The van der Waals surface area contributed by atoms with E-state index in [4.69, 9.17) is 5.26 Å². The monoisotopic (exact) mass is 266 g/mol. The molecule has 0 aliphatic carbocycles. The van der Waals surface area contributed by atoms with Gasteiger partial charge < -0.3 is 5.11 Å². The Bertz CT molecular complexity index is 575. The van der Waals surface area contributed by atoms with Gasteiger partial charge in [0.1, 0.15) is 0 Å². The molecule has 0 amide bonds. The molecule has 0 saturated heterocycles. The fourth-order valence-electron chi connectivity index (χ4n) is 2.19. The van der Waals surface area contributed by atoms with Crippen molar-refractivity contribution in [3.63, 3.8) is 0 Å². The molecule has 0 aliphatic heterocycles. The van der Waals surface area contributed by atoms with E-state index >= 15 is 0 Å². The molecule has 0 saturated carbocycles. The van der Waals surface area contributed by atoms with E-state index in [1.54, 1.807) is 6.07 Å². The van der Waals surface area contributed by atoms with Crippen molar-refractivity contribution in [3.8, 4) is 6.07 Å². The van der Waals surface area contributed by atoms with Crippen LogP contribution in [0.1, 0.15) is 16.7 Å². The highest BCUT2D eigenvalue weighted by molar-refractivity contribution is 5.32. The molecule has 0 aliphatic rings. The van der Waals surface area contributed by atoms with Gasteiger partial charge in [0.05, 0.1) is 18.2 Å². The number of nitriles is 1. The lowest BCUT2D eigenvalue weighted by Crippen LogP contribution is -2.26. The van der Waals surface area contributed by atoms with Crippen LogP contribution in [0, 0.1) is 11.3 Å². The minimum absolute atomic E-state index is 0.130. The molecule has 2 rings (SSSR count). The van der Waals surface area contributed by atoms with Crippen LogP contribution < -0.4 is 0 Å². The minimum atomic E-state index is 0.130. The Morgan fingerprint density at radius 3 is 2.35 bits per heavy atom. The summed E-state index contributed by atoms with van der Waals surface area (Å²) in [5.41, 5.74) is 2.98. The van der Waals surface area contributed by atoms with Gasteiger partial charge >= 0.3 is 0 Å². The molecular formula is C17H18N2O. The van der Waals surface area contributed by atoms with Crippen molar-refractivity contribution >= 4 is 0 Å². The standard InChI is InChI=1S/C17H18N2O/c18-12-16-7-4-8-17(11-16)14-19(9-10-20)13-15-5-2-1-3-6-15/h1-8,11,20H,9-10,13-14H2. The average molecular weight is 266 g/mol. The number of aliphatic hydroxyl groups excluding tert-OH is 1. The van der Waals surface area contributed by atoms with Crippen LogP contribution in [0.25, 0.3) is 0 Å². The molecule has 0 heterocycles. The van der Waals surface area contributed by atoms with Crippen molar-refractivity contribution in [2.24, 2.45) is 0 Å². The SMILES string of the molecule is N#Cc1cccc(CN(CCO)Cc2ccccc2)c1. The number of hydrogen-bond acceptors (Lipinski definition) is 3. The zero-order valence-corrected chi connectivity index (χ0v) is 11.4. The maximum Gasteiger partial charge on any atom is 0.0991 e. The molecule has 102 valence electrons.